The average Bonchev–Trinajstić information content (AvgIpc) is 2.67. The number of amides is 1. The van der Waals surface area contributed by atoms with Crippen LogP contribution in [0.4, 0.5) is 0 Å². The van der Waals surface area contributed by atoms with Crippen LogP contribution < -0.4 is 10.4 Å². The number of nitrogens with one attached hydrogen (secondary N) is 1. The van der Waals surface area contributed by atoms with E-state index in [1.165, 1.54) is 28.6 Å². The van der Waals surface area contributed by atoms with Crippen LogP contribution in [0.5, 0.6) is 0 Å². The Hall–Kier alpha value is -1.93. The van der Waals surface area contributed by atoms with Gasteiger partial charge in [-0.2, -0.15) is 4.31 Å². The molecule has 0 saturated heterocycles. The highest BCUT2D eigenvalue weighted by Gasteiger charge is 2.29. The first-order valence-electron chi connectivity index (χ1n) is 9.72. The van der Waals surface area contributed by atoms with E-state index in [0.717, 1.165) is 32.1 Å². The van der Waals surface area contributed by atoms with Crippen molar-refractivity contribution in [1.29, 1.82) is 0 Å². The molecule has 0 unspecified atom stereocenters. The molecule has 1 amide bonds. The normalized spacial score (nSPS) is 16.9. The van der Waals surface area contributed by atoms with Crippen LogP contribution >= 0.6 is 0 Å². The minimum Gasteiger partial charge on any atom is -0.548 e. The quantitative estimate of drug-likeness (QED) is 0.701. The number of carbonyl (C=O) groups is 2. The number of nitrogens with zero attached hydrogens (tertiary/aromatic N) is 1. The molecule has 0 aliphatic heterocycles. The van der Waals surface area contributed by atoms with Crippen molar-refractivity contribution in [1.82, 2.24) is 9.62 Å². The lowest BCUT2D eigenvalue weighted by atomic mass is 9.96. The molecular formula is C20H29N2O5S-. The Bertz CT molecular complexity index is 801. The molecule has 0 radical (unpaired) electrons. The van der Waals surface area contributed by atoms with Gasteiger partial charge in [0.1, 0.15) is 0 Å². The molecular weight excluding hydrogens is 380 g/mol. The van der Waals surface area contributed by atoms with Crippen LogP contribution in [-0.4, -0.2) is 43.7 Å². The zero-order valence-electron chi connectivity index (χ0n) is 16.7. The number of sulfonamides is 1. The van der Waals surface area contributed by atoms with Gasteiger partial charge in [0.25, 0.3) is 5.91 Å². The van der Waals surface area contributed by atoms with Gasteiger partial charge < -0.3 is 15.2 Å². The summed E-state index contributed by atoms with van der Waals surface area (Å²) >= 11 is 0. The maximum atomic E-state index is 13.0. The molecule has 156 valence electrons. The Morgan fingerprint density at radius 2 is 1.86 bits per heavy atom. The van der Waals surface area contributed by atoms with E-state index < -0.39 is 27.9 Å². The number of hydrogen-bond donors (Lipinski definition) is 1. The van der Waals surface area contributed by atoms with Crippen LogP contribution in [0, 0.1) is 5.92 Å². The van der Waals surface area contributed by atoms with Gasteiger partial charge in [-0.1, -0.05) is 39.2 Å². The molecule has 7 nitrogen and oxygen atoms in total. The lowest BCUT2D eigenvalue weighted by Crippen LogP contribution is -2.48. The Morgan fingerprint density at radius 1 is 1.21 bits per heavy atom. The van der Waals surface area contributed by atoms with Crippen molar-refractivity contribution >= 4 is 21.9 Å². The van der Waals surface area contributed by atoms with E-state index in [0.29, 0.717) is 0 Å². The topological polar surface area (TPSA) is 107 Å². The number of carboxylic acid groups (broad SMARTS) is 1. The lowest BCUT2D eigenvalue weighted by Gasteiger charge is -2.30. The first kappa shape index (κ1) is 22.4. The van der Waals surface area contributed by atoms with Crippen LogP contribution in [0.25, 0.3) is 0 Å². The summed E-state index contributed by atoms with van der Waals surface area (Å²) in [5, 5.41) is 13.7. The number of hydrogen-bond acceptors (Lipinski definition) is 5. The highest BCUT2D eigenvalue weighted by Crippen LogP contribution is 2.26. The number of aliphatic carboxylic acids is 1. The number of benzene rings is 1. The van der Waals surface area contributed by atoms with Crippen LogP contribution in [0.2, 0.25) is 0 Å². The largest absolute Gasteiger partial charge is 0.548 e. The van der Waals surface area contributed by atoms with Gasteiger partial charge in [0.05, 0.1) is 16.9 Å². The second kappa shape index (κ2) is 9.52. The summed E-state index contributed by atoms with van der Waals surface area (Å²) in [4.78, 5) is 23.8. The smallest absolute Gasteiger partial charge is 0.251 e. The molecule has 0 bridgehead atoms. The SMILES string of the molecule is CC(C)C[C@@H](NC(=O)c1cccc(S(=O)(=O)N(C)C2CCCCC2)c1)C(=O)[O-]. The van der Waals surface area contributed by atoms with Gasteiger partial charge >= 0.3 is 0 Å². The fourth-order valence-electron chi connectivity index (χ4n) is 3.53. The third-order valence-corrected chi connectivity index (χ3v) is 7.07. The summed E-state index contributed by atoms with van der Waals surface area (Å²) < 4.78 is 27.3. The number of carbonyl (C=O) groups excluding carboxylic acids is 2. The van der Waals surface area contributed by atoms with Crippen molar-refractivity contribution in [2.75, 3.05) is 7.05 Å². The van der Waals surface area contributed by atoms with Crippen molar-refractivity contribution in [2.24, 2.45) is 5.92 Å². The maximum absolute atomic E-state index is 13.0. The molecule has 1 aliphatic rings. The van der Waals surface area contributed by atoms with E-state index in [2.05, 4.69) is 5.32 Å². The predicted octanol–water partition coefficient (Wildman–Crippen LogP) is 1.53. The predicted molar refractivity (Wildman–Crippen MR) is 104 cm³/mol. The third-order valence-electron chi connectivity index (χ3n) is 5.16. The second-order valence-electron chi connectivity index (χ2n) is 7.82. The molecule has 2 rings (SSSR count). The van der Waals surface area contributed by atoms with Crippen molar-refractivity contribution in [3.8, 4) is 0 Å². The number of rotatable bonds is 8. The average molecular weight is 410 g/mol. The van der Waals surface area contributed by atoms with Gasteiger partial charge in [-0.05, 0) is 43.4 Å². The molecule has 28 heavy (non-hydrogen) atoms. The van der Waals surface area contributed by atoms with E-state index in [4.69, 9.17) is 0 Å². The first-order chi connectivity index (χ1) is 13.1. The van der Waals surface area contributed by atoms with Crippen molar-refractivity contribution in [3.63, 3.8) is 0 Å². The third kappa shape index (κ3) is 5.54. The zero-order chi connectivity index (χ0) is 20.9. The summed E-state index contributed by atoms with van der Waals surface area (Å²) in [6.45, 7) is 3.69. The molecule has 8 heteroatoms. The van der Waals surface area contributed by atoms with Gasteiger partial charge in [-0.15, -0.1) is 0 Å². The maximum Gasteiger partial charge on any atom is 0.251 e. The van der Waals surface area contributed by atoms with E-state index >= 15 is 0 Å². The molecule has 1 aromatic rings. The first-order valence-corrected chi connectivity index (χ1v) is 11.2. The van der Waals surface area contributed by atoms with Gasteiger partial charge in [0, 0.05) is 18.7 Å². The Morgan fingerprint density at radius 3 is 2.43 bits per heavy atom. The van der Waals surface area contributed by atoms with E-state index in [1.807, 2.05) is 13.8 Å². The molecule has 1 fully saturated rings. The zero-order valence-corrected chi connectivity index (χ0v) is 17.5. The monoisotopic (exact) mass is 409 g/mol. The summed E-state index contributed by atoms with van der Waals surface area (Å²) in [6.07, 6.45) is 5.03. The molecule has 0 spiro atoms. The molecule has 1 aromatic carbocycles. The highest BCUT2D eigenvalue weighted by atomic mass is 32.2. The van der Waals surface area contributed by atoms with E-state index in [-0.39, 0.29) is 28.8 Å². The fourth-order valence-corrected chi connectivity index (χ4v) is 4.99. The molecule has 0 aromatic heterocycles. The molecule has 0 heterocycles. The second-order valence-corrected chi connectivity index (χ2v) is 9.81. The van der Waals surface area contributed by atoms with Gasteiger partial charge in [0.15, 0.2) is 0 Å². The summed E-state index contributed by atoms with van der Waals surface area (Å²) in [7, 11) is -2.16. The summed E-state index contributed by atoms with van der Waals surface area (Å²) in [5.41, 5.74) is 0.105. The minimum absolute atomic E-state index is 0.0297. The van der Waals surface area contributed by atoms with Crippen LogP contribution in [-0.2, 0) is 14.8 Å². The van der Waals surface area contributed by atoms with Crippen LogP contribution in [0.15, 0.2) is 29.2 Å². The minimum atomic E-state index is -3.73. The van der Waals surface area contributed by atoms with Crippen LogP contribution in [0.1, 0.15) is 62.7 Å². The van der Waals surface area contributed by atoms with E-state index in [1.54, 1.807) is 7.05 Å². The Balaban J connectivity index is 2.20. The van der Waals surface area contributed by atoms with Gasteiger partial charge in [0.2, 0.25) is 10.0 Å². The number of carboxylic acids is 1. The summed E-state index contributed by atoms with van der Waals surface area (Å²) in [6, 6.07) is 4.55. The van der Waals surface area contributed by atoms with Crippen molar-refractivity contribution < 1.29 is 23.1 Å². The van der Waals surface area contributed by atoms with Crippen LogP contribution in [0.3, 0.4) is 0 Å². The van der Waals surface area contributed by atoms with Gasteiger partial charge in [-0.25, -0.2) is 8.42 Å². The Labute approximate surface area is 167 Å². The molecule has 1 atom stereocenters. The molecule has 1 aliphatic carbocycles. The van der Waals surface area contributed by atoms with Crippen molar-refractivity contribution in [3.05, 3.63) is 29.8 Å². The highest BCUT2D eigenvalue weighted by molar-refractivity contribution is 7.89. The van der Waals surface area contributed by atoms with E-state index in [9.17, 15) is 23.1 Å². The lowest BCUT2D eigenvalue weighted by molar-refractivity contribution is -0.308. The van der Waals surface area contributed by atoms with Gasteiger partial charge in [-0.3, -0.25) is 4.79 Å². The molecule has 1 saturated carbocycles. The molecule has 1 N–H and O–H groups in total. The van der Waals surface area contributed by atoms with Crippen molar-refractivity contribution in [2.45, 2.75) is 69.4 Å². The standard InChI is InChI=1S/C20H30N2O5S/c1-14(2)12-18(20(24)25)21-19(23)15-8-7-11-17(13-15)28(26,27)22(3)16-9-5-4-6-10-16/h7-8,11,13-14,16,18H,4-6,9-10,12H2,1-3H3,(H,21,23)(H,24,25)/p-1/t18-/m1/s1. The fraction of sp³-hybridized carbons (Fsp3) is 0.600. The summed E-state index contributed by atoms with van der Waals surface area (Å²) in [5.74, 6) is -1.94. The Kier molecular flexibility index (Phi) is 7.60.